The smallest absolute Gasteiger partial charge is 0.0558 e. The van der Waals surface area contributed by atoms with E-state index in [9.17, 15) is 5.11 Å². The molecule has 1 N–H and O–H groups in total. The highest BCUT2D eigenvalue weighted by Crippen LogP contribution is 2.30. The van der Waals surface area contributed by atoms with Crippen molar-refractivity contribution in [2.45, 2.75) is 71.9 Å². The zero-order valence-corrected chi connectivity index (χ0v) is 12.2. The van der Waals surface area contributed by atoms with E-state index in [1.807, 2.05) is 0 Å². The second kappa shape index (κ2) is 7.38. The lowest BCUT2D eigenvalue weighted by molar-refractivity contribution is 0.0424. The molecule has 2 atom stereocenters. The van der Waals surface area contributed by atoms with Crippen molar-refractivity contribution < 1.29 is 5.11 Å². The third kappa shape index (κ3) is 4.97. The molecule has 0 aliphatic carbocycles. The number of aliphatic hydroxyl groups is 1. The Bertz CT molecular complexity index is 185. The Balaban J connectivity index is 2.62. The number of likely N-dealkylation sites (tertiary alicyclic amines) is 1. The molecule has 102 valence electrons. The first-order chi connectivity index (χ1) is 8.04. The normalized spacial score (nSPS) is 27.0. The van der Waals surface area contributed by atoms with Gasteiger partial charge in [-0.25, -0.2) is 0 Å². The summed E-state index contributed by atoms with van der Waals surface area (Å²) >= 11 is 0. The van der Waals surface area contributed by atoms with E-state index in [-0.39, 0.29) is 0 Å². The molecule has 17 heavy (non-hydrogen) atoms. The van der Waals surface area contributed by atoms with Crippen molar-refractivity contribution in [2.75, 3.05) is 13.2 Å². The fourth-order valence-electron chi connectivity index (χ4n) is 3.29. The molecule has 1 fully saturated rings. The van der Waals surface area contributed by atoms with Gasteiger partial charge in [0.25, 0.3) is 0 Å². The predicted octanol–water partition coefficient (Wildman–Crippen LogP) is 3.29. The standard InChI is InChI=1S/C15H31NO/c1-12(2)10-14-6-5-7-15(11-13(3)4)16(14)8-9-17/h12-15,17H,5-11H2,1-4H3/t14-,15-/m0/s1. The van der Waals surface area contributed by atoms with Gasteiger partial charge in [-0.05, 0) is 37.5 Å². The van der Waals surface area contributed by atoms with Crippen LogP contribution < -0.4 is 0 Å². The lowest BCUT2D eigenvalue weighted by atomic mass is 9.87. The first kappa shape index (κ1) is 15.0. The summed E-state index contributed by atoms with van der Waals surface area (Å²) in [5, 5.41) is 9.28. The number of hydrogen-bond acceptors (Lipinski definition) is 2. The average molecular weight is 241 g/mol. The van der Waals surface area contributed by atoms with Crippen LogP contribution in [0, 0.1) is 11.8 Å². The molecular formula is C15H31NO. The van der Waals surface area contributed by atoms with Crippen molar-refractivity contribution >= 4 is 0 Å². The SMILES string of the molecule is CC(C)C[C@@H]1CCC[C@@H](CC(C)C)N1CCO. The number of hydrogen-bond donors (Lipinski definition) is 1. The highest BCUT2D eigenvalue weighted by molar-refractivity contribution is 4.85. The number of β-amino-alcohol motifs (C(OH)–C–C–N with tert-alkyl or cyclic N) is 1. The summed E-state index contributed by atoms with van der Waals surface area (Å²) in [6.45, 7) is 10.4. The highest BCUT2D eigenvalue weighted by atomic mass is 16.3. The molecule has 0 radical (unpaired) electrons. The van der Waals surface area contributed by atoms with Gasteiger partial charge < -0.3 is 5.11 Å². The molecule has 0 bridgehead atoms. The predicted molar refractivity (Wildman–Crippen MR) is 74.1 cm³/mol. The van der Waals surface area contributed by atoms with Gasteiger partial charge in [0, 0.05) is 18.6 Å². The van der Waals surface area contributed by atoms with Gasteiger partial charge in [0.05, 0.1) is 6.61 Å². The lowest BCUT2D eigenvalue weighted by Gasteiger charge is -2.43. The molecule has 0 saturated carbocycles. The van der Waals surface area contributed by atoms with Crippen LogP contribution in [-0.4, -0.2) is 35.2 Å². The van der Waals surface area contributed by atoms with Crippen LogP contribution in [0.5, 0.6) is 0 Å². The number of rotatable bonds is 6. The Labute approximate surface area is 107 Å². The van der Waals surface area contributed by atoms with Gasteiger partial charge in [-0.3, -0.25) is 4.90 Å². The van der Waals surface area contributed by atoms with E-state index in [1.165, 1.54) is 32.1 Å². The fourth-order valence-corrected chi connectivity index (χ4v) is 3.29. The molecule has 0 aromatic heterocycles. The van der Waals surface area contributed by atoms with Crippen LogP contribution in [0.15, 0.2) is 0 Å². The molecule has 1 saturated heterocycles. The Kier molecular flexibility index (Phi) is 6.50. The second-order valence-electron chi connectivity index (χ2n) is 6.46. The largest absolute Gasteiger partial charge is 0.395 e. The van der Waals surface area contributed by atoms with Crippen LogP contribution >= 0.6 is 0 Å². The Morgan fingerprint density at radius 3 is 1.82 bits per heavy atom. The Hall–Kier alpha value is -0.0800. The van der Waals surface area contributed by atoms with E-state index in [4.69, 9.17) is 0 Å². The van der Waals surface area contributed by atoms with Gasteiger partial charge in [0.2, 0.25) is 0 Å². The van der Waals surface area contributed by atoms with Gasteiger partial charge in [-0.2, -0.15) is 0 Å². The van der Waals surface area contributed by atoms with Gasteiger partial charge in [-0.15, -0.1) is 0 Å². The lowest BCUT2D eigenvalue weighted by Crippen LogP contribution is -2.48. The third-order valence-electron chi connectivity index (χ3n) is 3.86. The minimum absolute atomic E-state index is 0.309. The minimum atomic E-state index is 0.309. The quantitative estimate of drug-likeness (QED) is 0.771. The third-order valence-corrected chi connectivity index (χ3v) is 3.86. The molecule has 0 aromatic rings. The van der Waals surface area contributed by atoms with E-state index in [1.54, 1.807) is 0 Å². The maximum atomic E-state index is 9.28. The van der Waals surface area contributed by atoms with Gasteiger partial charge in [-0.1, -0.05) is 34.1 Å². The summed E-state index contributed by atoms with van der Waals surface area (Å²) in [7, 11) is 0. The number of nitrogens with zero attached hydrogens (tertiary/aromatic N) is 1. The summed E-state index contributed by atoms with van der Waals surface area (Å²) in [5.41, 5.74) is 0. The molecule has 0 amide bonds. The van der Waals surface area contributed by atoms with E-state index in [0.717, 1.165) is 18.4 Å². The first-order valence-electron chi connectivity index (χ1n) is 7.41. The van der Waals surface area contributed by atoms with Crippen molar-refractivity contribution in [1.29, 1.82) is 0 Å². The van der Waals surface area contributed by atoms with Gasteiger partial charge >= 0.3 is 0 Å². The molecule has 1 aliphatic rings. The summed E-state index contributed by atoms with van der Waals surface area (Å²) in [6, 6.07) is 1.42. The van der Waals surface area contributed by atoms with E-state index < -0.39 is 0 Å². The highest BCUT2D eigenvalue weighted by Gasteiger charge is 2.30. The molecule has 0 spiro atoms. The molecule has 1 aliphatic heterocycles. The van der Waals surface area contributed by atoms with Crippen LogP contribution in [0.3, 0.4) is 0 Å². The zero-order chi connectivity index (χ0) is 12.8. The maximum Gasteiger partial charge on any atom is 0.0558 e. The molecule has 1 heterocycles. The van der Waals surface area contributed by atoms with Crippen LogP contribution in [-0.2, 0) is 0 Å². The van der Waals surface area contributed by atoms with Gasteiger partial charge in [0.1, 0.15) is 0 Å². The number of aliphatic hydroxyl groups excluding tert-OH is 1. The molecule has 0 unspecified atom stereocenters. The summed E-state index contributed by atoms with van der Waals surface area (Å²) < 4.78 is 0. The first-order valence-corrected chi connectivity index (χ1v) is 7.41. The van der Waals surface area contributed by atoms with Gasteiger partial charge in [0.15, 0.2) is 0 Å². The summed E-state index contributed by atoms with van der Waals surface area (Å²) in [6.07, 6.45) is 6.60. The van der Waals surface area contributed by atoms with Crippen molar-refractivity contribution in [3.63, 3.8) is 0 Å². The minimum Gasteiger partial charge on any atom is -0.395 e. The van der Waals surface area contributed by atoms with E-state index >= 15 is 0 Å². The molecule has 1 rings (SSSR count). The van der Waals surface area contributed by atoms with Crippen molar-refractivity contribution in [3.8, 4) is 0 Å². The Morgan fingerprint density at radius 2 is 1.47 bits per heavy atom. The fraction of sp³-hybridized carbons (Fsp3) is 1.00. The molecule has 2 heteroatoms. The van der Waals surface area contributed by atoms with Crippen molar-refractivity contribution in [3.05, 3.63) is 0 Å². The van der Waals surface area contributed by atoms with E-state index in [0.29, 0.717) is 18.7 Å². The zero-order valence-electron chi connectivity index (χ0n) is 12.2. The Morgan fingerprint density at radius 1 is 1.00 bits per heavy atom. The van der Waals surface area contributed by atoms with E-state index in [2.05, 4.69) is 32.6 Å². The van der Waals surface area contributed by atoms with Crippen molar-refractivity contribution in [1.82, 2.24) is 4.90 Å². The second-order valence-corrected chi connectivity index (χ2v) is 6.46. The molecule has 2 nitrogen and oxygen atoms in total. The maximum absolute atomic E-state index is 9.28. The van der Waals surface area contributed by atoms with Crippen LogP contribution in [0.25, 0.3) is 0 Å². The number of piperidine rings is 1. The average Bonchev–Trinajstić information content (AvgIpc) is 2.21. The van der Waals surface area contributed by atoms with Crippen LogP contribution in [0.2, 0.25) is 0 Å². The summed E-state index contributed by atoms with van der Waals surface area (Å²) in [5.74, 6) is 1.53. The monoisotopic (exact) mass is 241 g/mol. The molecular weight excluding hydrogens is 210 g/mol. The summed E-state index contributed by atoms with van der Waals surface area (Å²) in [4.78, 5) is 2.60. The van der Waals surface area contributed by atoms with Crippen LogP contribution in [0.1, 0.15) is 59.8 Å². The molecule has 0 aromatic carbocycles. The van der Waals surface area contributed by atoms with Crippen molar-refractivity contribution in [2.24, 2.45) is 11.8 Å². The topological polar surface area (TPSA) is 23.5 Å². The van der Waals surface area contributed by atoms with Crippen LogP contribution in [0.4, 0.5) is 0 Å².